The first kappa shape index (κ1) is 14.5. The number of phenolic OH excluding ortho intramolecular Hbond substituents is 1. The molecule has 0 spiro atoms. The van der Waals surface area contributed by atoms with Crippen LogP contribution in [0.15, 0.2) is 48.5 Å². The average molecular weight is 313 g/mol. The molecule has 0 aliphatic heterocycles. The molecule has 22 heavy (non-hydrogen) atoms. The number of benzene rings is 2. The largest absolute Gasteiger partial charge is 0.508 e. The molecule has 0 aliphatic rings. The highest BCUT2D eigenvalue weighted by Crippen LogP contribution is 2.27. The molecule has 3 aromatic rings. The van der Waals surface area contributed by atoms with Crippen molar-refractivity contribution >= 4 is 27.5 Å². The second kappa shape index (κ2) is 6.58. The Morgan fingerprint density at radius 3 is 2.68 bits per heavy atom. The van der Waals surface area contributed by atoms with Crippen molar-refractivity contribution in [3.8, 4) is 10.9 Å². The zero-order chi connectivity index (χ0) is 15.4. The number of hydrogen-bond acceptors (Lipinski definition) is 5. The summed E-state index contributed by atoms with van der Waals surface area (Å²) in [6.45, 7) is 0. The van der Waals surface area contributed by atoms with Crippen molar-refractivity contribution in [2.45, 2.75) is 19.3 Å². The van der Waals surface area contributed by atoms with Crippen molar-refractivity contribution in [1.82, 2.24) is 4.98 Å². The maximum Gasteiger partial charge on any atom is 0.313 e. The van der Waals surface area contributed by atoms with Crippen molar-refractivity contribution in [3.63, 3.8) is 0 Å². The van der Waals surface area contributed by atoms with Crippen LogP contribution in [0.25, 0.3) is 10.2 Å². The molecule has 0 saturated carbocycles. The molecule has 0 aliphatic carbocycles. The monoisotopic (exact) mass is 313 g/mol. The molecule has 112 valence electrons. The zero-order valence-electron chi connectivity index (χ0n) is 11.9. The molecule has 3 rings (SSSR count). The predicted molar refractivity (Wildman–Crippen MR) is 86.3 cm³/mol. The van der Waals surface area contributed by atoms with Gasteiger partial charge in [0.1, 0.15) is 5.75 Å². The first-order chi connectivity index (χ1) is 10.7. The molecule has 0 atom stereocenters. The van der Waals surface area contributed by atoms with Crippen molar-refractivity contribution in [3.05, 3.63) is 54.1 Å². The van der Waals surface area contributed by atoms with Crippen LogP contribution in [0.5, 0.6) is 10.9 Å². The summed E-state index contributed by atoms with van der Waals surface area (Å²) in [6.07, 6.45) is 1.82. The second-order valence-corrected chi connectivity index (χ2v) is 5.93. The number of thiazole rings is 1. The molecule has 0 saturated heterocycles. The standard InChI is InChI=1S/C17H15NO3S/c19-13-10-8-12(9-11-13)4-3-7-16(20)21-17-18-14-5-1-2-6-15(14)22-17/h1-2,5-6,8-11,19H,3-4,7H2. The van der Waals surface area contributed by atoms with Crippen LogP contribution < -0.4 is 4.74 Å². The lowest BCUT2D eigenvalue weighted by molar-refractivity contribution is -0.134. The number of nitrogens with zero attached hydrogens (tertiary/aromatic N) is 1. The van der Waals surface area contributed by atoms with Gasteiger partial charge in [0.15, 0.2) is 0 Å². The Bertz CT molecular complexity index is 747. The molecule has 5 heteroatoms. The minimum atomic E-state index is -0.266. The van der Waals surface area contributed by atoms with Gasteiger partial charge < -0.3 is 9.84 Å². The molecule has 0 fully saturated rings. The van der Waals surface area contributed by atoms with Gasteiger partial charge in [0, 0.05) is 6.42 Å². The molecule has 0 radical (unpaired) electrons. The summed E-state index contributed by atoms with van der Waals surface area (Å²) in [7, 11) is 0. The van der Waals surface area contributed by atoms with Crippen molar-refractivity contribution in [2.75, 3.05) is 0 Å². The number of fused-ring (bicyclic) bond motifs is 1. The number of phenols is 1. The Balaban J connectivity index is 1.50. The summed E-state index contributed by atoms with van der Waals surface area (Å²) in [4.78, 5) is 16.1. The van der Waals surface area contributed by atoms with Crippen LogP contribution in [0.4, 0.5) is 0 Å². The van der Waals surface area contributed by atoms with Crippen molar-refractivity contribution < 1.29 is 14.6 Å². The molecule has 1 heterocycles. The maximum absolute atomic E-state index is 11.8. The zero-order valence-corrected chi connectivity index (χ0v) is 12.7. The molecule has 0 amide bonds. The number of aromatic hydroxyl groups is 1. The summed E-state index contributed by atoms with van der Waals surface area (Å²) < 4.78 is 6.29. The first-order valence-corrected chi connectivity index (χ1v) is 7.86. The van der Waals surface area contributed by atoms with Gasteiger partial charge >= 0.3 is 5.97 Å². The summed E-state index contributed by atoms with van der Waals surface area (Å²) in [5.74, 6) is -0.0168. The number of ether oxygens (including phenoxy) is 1. The summed E-state index contributed by atoms with van der Waals surface area (Å²) in [5, 5.41) is 9.61. The normalized spacial score (nSPS) is 10.7. The van der Waals surface area contributed by atoms with Gasteiger partial charge in [-0.1, -0.05) is 35.6 Å². The van der Waals surface area contributed by atoms with Crippen LogP contribution in [-0.4, -0.2) is 16.1 Å². The van der Waals surface area contributed by atoms with E-state index in [4.69, 9.17) is 4.74 Å². The summed E-state index contributed by atoms with van der Waals surface area (Å²) in [5.41, 5.74) is 1.94. The van der Waals surface area contributed by atoms with Gasteiger partial charge in [0.25, 0.3) is 5.19 Å². The second-order valence-electron chi connectivity index (χ2n) is 4.94. The van der Waals surface area contributed by atoms with E-state index in [1.54, 1.807) is 12.1 Å². The van der Waals surface area contributed by atoms with E-state index in [0.29, 0.717) is 18.0 Å². The van der Waals surface area contributed by atoms with E-state index in [1.807, 2.05) is 36.4 Å². The first-order valence-electron chi connectivity index (χ1n) is 7.05. The van der Waals surface area contributed by atoms with Gasteiger partial charge in [-0.25, -0.2) is 4.98 Å². The molecule has 4 nitrogen and oxygen atoms in total. The van der Waals surface area contributed by atoms with Crippen LogP contribution >= 0.6 is 11.3 Å². The topological polar surface area (TPSA) is 59.4 Å². The molecule has 1 aromatic heterocycles. The fourth-order valence-corrected chi connectivity index (χ4v) is 2.97. The highest BCUT2D eigenvalue weighted by atomic mass is 32.1. The minimum absolute atomic E-state index is 0.249. The van der Waals surface area contributed by atoms with E-state index in [1.165, 1.54) is 11.3 Å². The molecule has 2 aromatic carbocycles. The number of carbonyl (C=O) groups is 1. The number of rotatable bonds is 5. The smallest absolute Gasteiger partial charge is 0.313 e. The third kappa shape index (κ3) is 3.62. The van der Waals surface area contributed by atoms with Crippen LogP contribution in [0.2, 0.25) is 0 Å². The number of hydrogen-bond donors (Lipinski definition) is 1. The van der Waals surface area contributed by atoms with Gasteiger partial charge in [-0.3, -0.25) is 4.79 Å². The lowest BCUT2D eigenvalue weighted by Crippen LogP contribution is -2.07. The van der Waals surface area contributed by atoms with Crippen LogP contribution in [0.3, 0.4) is 0 Å². The Morgan fingerprint density at radius 2 is 1.91 bits per heavy atom. The maximum atomic E-state index is 11.8. The van der Waals surface area contributed by atoms with E-state index >= 15 is 0 Å². The SMILES string of the molecule is O=C(CCCc1ccc(O)cc1)Oc1nc2ccccc2s1. The third-order valence-electron chi connectivity index (χ3n) is 3.26. The van der Waals surface area contributed by atoms with Crippen molar-refractivity contribution in [2.24, 2.45) is 0 Å². The number of carbonyl (C=O) groups excluding carboxylic acids is 1. The number of aryl methyl sites for hydroxylation is 1. The van der Waals surface area contributed by atoms with E-state index in [2.05, 4.69) is 4.98 Å². The fourth-order valence-electron chi connectivity index (χ4n) is 2.14. The highest BCUT2D eigenvalue weighted by Gasteiger charge is 2.09. The molecular weight excluding hydrogens is 298 g/mol. The quantitative estimate of drug-likeness (QED) is 0.725. The number of aromatic nitrogens is 1. The third-order valence-corrected chi connectivity index (χ3v) is 4.17. The van der Waals surface area contributed by atoms with Gasteiger partial charge in [-0.05, 0) is 42.7 Å². The van der Waals surface area contributed by atoms with E-state index in [-0.39, 0.29) is 11.7 Å². The van der Waals surface area contributed by atoms with E-state index in [0.717, 1.165) is 22.2 Å². The van der Waals surface area contributed by atoms with E-state index in [9.17, 15) is 9.90 Å². The van der Waals surface area contributed by atoms with Gasteiger partial charge in [0.05, 0.1) is 10.2 Å². The van der Waals surface area contributed by atoms with Gasteiger partial charge in [-0.15, -0.1) is 0 Å². The summed E-state index contributed by atoms with van der Waals surface area (Å²) >= 11 is 1.38. The number of para-hydroxylation sites is 1. The van der Waals surface area contributed by atoms with Crippen LogP contribution in [-0.2, 0) is 11.2 Å². The lowest BCUT2D eigenvalue weighted by Gasteiger charge is -2.02. The Labute approximate surface area is 132 Å². The Kier molecular flexibility index (Phi) is 4.34. The van der Waals surface area contributed by atoms with Gasteiger partial charge in [0.2, 0.25) is 0 Å². The molecule has 0 unspecified atom stereocenters. The van der Waals surface area contributed by atoms with E-state index < -0.39 is 0 Å². The molecule has 0 bridgehead atoms. The predicted octanol–water partition coefficient (Wildman–Crippen LogP) is 3.93. The van der Waals surface area contributed by atoms with Crippen LogP contribution in [0, 0.1) is 0 Å². The lowest BCUT2D eigenvalue weighted by atomic mass is 10.1. The Morgan fingerprint density at radius 1 is 1.14 bits per heavy atom. The average Bonchev–Trinajstić information content (AvgIpc) is 2.91. The Hall–Kier alpha value is -2.40. The van der Waals surface area contributed by atoms with Gasteiger partial charge in [-0.2, -0.15) is 0 Å². The minimum Gasteiger partial charge on any atom is -0.508 e. The number of esters is 1. The summed E-state index contributed by atoms with van der Waals surface area (Å²) in [6, 6.07) is 14.7. The molecule has 1 N–H and O–H groups in total. The van der Waals surface area contributed by atoms with Crippen molar-refractivity contribution in [1.29, 1.82) is 0 Å². The fraction of sp³-hybridized carbons (Fsp3) is 0.176. The van der Waals surface area contributed by atoms with Crippen LogP contribution in [0.1, 0.15) is 18.4 Å². The molecular formula is C17H15NO3S. The highest BCUT2D eigenvalue weighted by molar-refractivity contribution is 7.20.